The molecule has 38 heavy (non-hydrogen) atoms. The number of anilines is 1. The van der Waals surface area contributed by atoms with Crippen molar-refractivity contribution in [3.8, 4) is 0 Å². The number of ketones is 2. The van der Waals surface area contributed by atoms with Crippen LogP contribution in [0.4, 0.5) is 5.69 Å². The van der Waals surface area contributed by atoms with E-state index < -0.39 is 11.8 Å². The van der Waals surface area contributed by atoms with E-state index in [0.717, 1.165) is 9.86 Å². The number of aldehydes is 1. The monoisotopic (exact) mass is 558 g/mol. The molecule has 1 heterocycles. The molecule has 6 rings (SSSR count). The summed E-state index contributed by atoms with van der Waals surface area (Å²) in [7, 11) is 6.14. The van der Waals surface area contributed by atoms with Crippen molar-refractivity contribution in [3.63, 3.8) is 0 Å². The van der Waals surface area contributed by atoms with Crippen molar-refractivity contribution in [2.45, 2.75) is 5.92 Å². The van der Waals surface area contributed by atoms with E-state index >= 15 is 0 Å². The summed E-state index contributed by atoms with van der Waals surface area (Å²) >= 11 is 3.50. The zero-order valence-electron chi connectivity index (χ0n) is 19.7. The summed E-state index contributed by atoms with van der Waals surface area (Å²) in [5.41, 5.74) is 2.75. The molecule has 1 N–H and O–H groups in total. The van der Waals surface area contributed by atoms with E-state index in [-0.39, 0.29) is 28.4 Å². The van der Waals surface area contributed by atoms with Gasteiger partial charge < -0.3 is 5.32 Å². The number of pyridine rings is 1. The van der Waals surface area contributed by atoms with Crippen LogP contribution in [-0.2, 0) is 0 Å². The van der Waals surface area contributed by atoms with Crippen LogP contribution < -0.4 is 10.8 Å². The maximum Gasteiger partial charge on any atom is 0.256 e. The fourth-order valence-corrected chi connectivity index (χ4v) is 5.37. The van der Waals surface area contributed by atoms with Gasteiger partial charge in [-0.1, -0.05) is 63.9 Å². The van der Waals surface area contributed by atoms with Crippen molar-refractivity contribution < 1.29 is 19.2 Å². The Morgan fingerprint density at radius 2 is 1.63 bits per heavy atom. The number of para-hydroxylation sites is 1. The fourth-order valence-electron chi connectivity index (χ4n) is 4.91. The average Bonchev–Trinajstić information content (AvgIpc) is 3.18. The third-order valence-electron chi connectivity index (χ3n) is 6.81. The molecule has 8 heteroatoms. The van der Waals surface area contributed by atoms with Gasteiger partial charge in [0.15, 0.2) is 17.9 Å². The molecule has 1 unspecified atom stereocenters. The molecule has 4 aromatic carbocycles. The number of hydrogen-bond donors (Lipinski definition) is 1. The number of nitrogens with zero attached hydrogens (tertiary/aromatic N) is 1. The van der Waals surface area contributed by atoms with E-state index in [4.69, 9.17) is 7.85 Å². The van der Waals surface area contributed by atoms with E-state index in [1.165, 1.54) is 0 Å². The molecule has 1 amide bonds. The molecule has 1 atom stereocenters. The van der Waals surface area contributed by atoms with Gasteiger partial charge in [0.1, 0.15) is 13.8 Å². The molecule has 0 saturated heterocycles. The van der Waals surface area contributed by atoms with Crippen molar-refractivity contribution in [2.75, 3.05) is 5.32 Å². The number of aromatic nitrogens is 1. The second kappa shape index (κ2) is 9.15. The molecule has 2 radical (unpaired) electrons. The Morgan fingerprint density at radius 3 is 2.39 bits per heavy atom. The summed E-state index contributed by atoms with van der Waals surface area (Å²) in [6.07, 6.45) is 0.624. The number of amides is 1. The van der Waals surface area contributed by atoms with Crippen LogP contribution in [0.2, 0.25) is 0 Å². The number of benzene rings is 4. The first-order chi connectivity index (χ1) is 18.4. The van der Waals surface area contributed by atoms with Crippen molar-refractivity contribution in [3.05, 3.63) is 111 Å². The van der Waals surface area contributed by atoms with Crippen LogP contribution in [0.3, 0.4) is 0 Å². The number of rotatable bonds is 4. The zero-order valence-corrected chi connectivity index (χ0v) is 21.3. The van der Waals surface area contributed by atoms with Gasteiger partial charge in [-0.25, -0.2) is 4.98 Å². The van der Waals surface area contributed by atoms with Gasteiger partial charge in [0, 0.05) is 26.5 Å². The maximum absolute atomic E-state index is 13.5. The molecular formula is C30H16BBrN2O4. The van der Waals surface area contributed by atoms with Gasteiger partial charge in [-0.15, -0.1) is 0 Å². The molecule has 6 nitrogen and oxygen atoms in total. The van der Waals surface area contributed by atoms with Crippen LogP contribution >= 0.6 is 15.9 Å². The summed E-state index contributed by atoms with van der Waals surface area (Å²) in [5, 5.41) is 4.97. The van der Waals surface area contributed by atoms with Gasteiger partial charge in [0.2, 0.25) is 0 Å². The molecule has 0 aliphatic heterocycles. The van der Waals surface area contributed by atoms with Crippen LogP contribution in [0.1, 0.15) is 53.0 Å². The fraction of sp³-hybridized carbons (Fsp3) is 0.0333. The third kappa shape index (κ3) is 3.76. The van der Waals surface area contributed by atoms with Crippen molar-refractivity contribution >= 4 is 80.4 Å². The van der Waals surface area contributed by atoms with E-state index in [2.05, 4.69) is 26.2 Å². The van der Waals surface area contributed by atoms with Gasteiger partial charge >= 0.3 is 0 Å². The van der Waals surface area contributed by atoms with Gasteiger partial charge in [-0.05, 0) is 47.2 Å². The molecule has 180 valence electrons. The molecule has 1 aromatic heterocycles. The second-order valence-electron chi connectivity index (χ2n) is 9.01. The van der Waals surface area contributed by atoms with Gasteiger partial charge in [-0.2, -0.15) is 0 Å². The van der Waals surface area contributed by atoms with E-state index in [1.54, 1.807) is 72.8 Å². The lowest BCUT2D eigenvalue weighted by molar-refractivity contribution is 0.0887. The van der Waals surface area contributed by atoms with Crippen LogP contribution in [0.15, 0.2) is 83.3 Å². The quantitative estimate of drug-likeness (QED) is 0.186. The third-order valence-corrected chi connectivity index (χ3v) is 7.50. The van der Waals surface area contributed by atoms with Crippen LogP contribution in [-0.4, -0.2) is 36.6 Å². The second-order valence-corrected chi connectivity index (χ2v) is 9.87. The zero-order chi connectivity index (χ0) is 26.6. The summed E-state index contributed by atoms with van der Waals surface area (Å²) in [6, 6.07) is 22.1. The molecule has 0 saturated carbocycles. The Kier molecular flexibility index (Phi) is 5.77. The Labute approximate surface area is 226 Å². The SMILES string of the molecule is [B]c1ccc(Br)c2cc3c(cc12)C(=O)C(c1ccc2cccc(NC(=O)c4ccccc4C=O)c2n1)C3=O. The van der Waals surface area contributed by atoms with Crippen molar-refractivity contribution in [1.29, 1.82) is 0 Å². The number of nitrogens with one attached hydrogen (secondary N) is 1. The Balaban J connectivity index is 1.41. The highest BCUT2D eigenvalue weighted by molar-refractivity contribution is 9.10. The number of fused-ring (bicyclic) bond motifs is 3. The average molecular weight is 559 g/mol. The first-order valence-corrected chi connectivity index (χ1v) is 12.5. The first-order valence-electron chi connectivity index (χ1n) is 11.7. The summed E-state index contributed by atoms with van der Waals surface area (Å²) in [4.78, 5) is 56.0. The normalized spacial score (nSPS) is 14.6. The molecule has 5 aromatic rings. The molecular weight excluding hydrogens is 543 g/mol. The Hall–Kier alpha value is -4.43. The lowest BCUT2D eigenvalue weighted by Gasteiger charge is -2.12. The number of halogens is 1. The topological polar surface area (TPSA) is 93.2 Å². The van der Waals surface area contributed by atoms with Crippen LogP contribution in [0, 0.1) is 0 Å². The molecule has 0 spiro atoms. The number of hydrogen-bond acceptors (Lipinski definition) is 5. The lowest BCUT2D eigenvalue weighted by Crippen LogP contribution is -2.16. The number of carbonyl (C=O) groups is 4. The maximum atomic E-state index is 13.5. The minimum absolute atomic E-state index is 0.227. The lowest BCUT2D eigenvalue weighted by atomic mass is 9.88. The highest BCUT2D eigenvalue weighted by Gasteiger charge is 2.41. The van der Waals surface area contributed by atoms with Gasteiger partial charge in [-0.3, -0.25) is 19.2 Å². The predicted octanol–water partition coefficient (Wildman–Crippen LogP) is 5.17. The predicted molar refractivity (Wildman–Crippen MR) is 150 cm³/mol. The van der Waals surface area contributed by atoms with Crippen molar-refractivity contribution in [1.82, 2.24) is 4.98 Å². The minimum Gasteiger partial charge on any atom is -0.320 e. The molecule has 0 bridgehead atoms. The molecule has 0 fully saturated rings. The summed E-state index contributed by atoms with van der Waals surface area (Å²) in [5.74, 6) is -2.26. The standard InChI is InChI=1S/C30H16BBrN2O4/c31-22-9-10-23(32)19-13-21-20(12-18(19)22)28(36)26(29(21)37)24-11-8-15-5-3-7-25(27(15)33-24)34-30(38)17-6-2-1-4-16(17)14-35/h1-14,26H,(H,34,38). The van der Waals surface area contributed by atoms with Gasteiger partial charge in [0.25, 0.3) is 5.91 Å². The first kappa shape index (κ1) is 23.9. The highest BCUT2D eigenvalue weighted by atomic mass is 79.9. The smallest absolute Gasteiger partial charge is 0.256 e. The van der Waals surface area contributed by atoms with E-state index in [9.17, 15) is 19.2 Å². The minimum atomic E-state index is -1.11. The number of carbonyl (C=O) groups excluding carboxylic acids is 4. The highest BCUT2D eigenvalue weighted by Crippen LogP contribution is 2.38. The van der Waals surface area contributed by atoms with Gasteiger partial charge in [0.05, 0.1) is 22.5 Å². The summed E-state index contributed by atoms with van der Waals surface area (Å²) in [6.45, 7) is 0. The van der Waals surface area contributed by atoms with E-state index in [0.29, 0.717) is 44.9 Å². The Morgan fingerprint density at radius 1 is 0.895 bits per heavy atom. The number of Topliss-reactive ketones (excluding diaryl/α,β-unsaturated/α-hetero) is 2. The van der Waals surface area contributed by atoms with Crippen molar-refractivity contribution in [2.24, 2.45) is 0 Å². The Bertz CT molecular complexity index is 1810. The largest absolute Gasteiger partial charge is 0.320 e. The van der Waals surface area contributed by atoms with E-state index in [1.807, 2.05) is 6.07 Å². The summed E-state index contributed by atoms with van der Waals surface area (Å²) < 4.78 is 0.772. The molecule has 1 aliphatic rings. The molecule has 1 aliphatic carbocycles. The van der Waals surface area contributed by atoms with Crippen LogP contribution in [0.25, 0.3) is 21.7 Å². The van der Waals surface area contributed by atoms with Crippen LogP contribution in [0.5, 0.6) is 0 Å².